The number of cyclic esters (lactones) is 1. The van der Waals surface area contributed by atoms with Gasteiger partial charge in [-0.15, -0.1) is 0 Å². The first kappa shape index (κ1) is 64.5. The van der Waals surface area contributed by atoms with Gasteiger partial charge in [0.25, 0.3) is 11.7 Å². The van der Waals surface area contributed by atoms with Crippen molar-refractivity contribution in [1.29, 1.82) is 0 Å². The molecule has 4 heterocycles. The number of fused-ring (bicyclic) bond motifs is 4. The molecule has 2 N–H and O–H groups in total. The number of nitrogens with zero attached hydrogens (tertiary/aromatic N) is 1. The van der Waals surface area contributed by atoms with Crippen LogP contribution in [0.2, 0.25) is 0 Å². The van der Waals surface area contributed by atoms with Crippen LogP contribution in [-0.4, -0.2) is 154 Å². The average molecular weight is 1120 g/mol. The normalized spacial score (nSPS) is 36.1. The minimum atomic E-state index is -2.40. The van der Waals surface area contributed by atoms with Gasteiger partial charge in [-0.3, -0.25) is 28.8 Å². The van der Waals surface area contributed by atoms with Crippen LogP contribution in [0.5, 0.6) is 0 Å². The maximum atomic E-state index is 14.4. The van der Waals surface area contributed by atoms with Gasteiger partial charge in [0, 0.05) is 78.2 Å². The topological polar surface area (TPSA) is 220 Å². The molecule has 0 radical (unpaired) electrons. The Kier molecular flexibility index (Phi) is 23.8. The number of rotatable bonds is 9. The van der Waals surface area contributed by atoms with Gasteiger partial charge in [0.05, 0.1) is 24.2 Å². The molecule has 18 heteroatoms. The molecule has 5 aliphatic rings. The molecule has 0 spiro atoms. The van der Waals surface area contributed by atoms with Gasteiger partial charge in [0.2, 0.25) is 5.79 Å². The highest BCUT2D eigenvalue weighted by molar-refractivity contribution is 6.61. The van der Waals surface area contributed by atoms with Crippen LogP contribution >= 0.6 is 0 Å². The highest BCUT2D eigenvalue weighted by Gasteiger charge is 2.52. The molecule has 4 aliphatic heterocycles. The summed E-state index contributed by atoms with van der Waals surface area (Å²) in [6, 6.07) is 9.52. The highest BCUT2D eigenvalue weighted by Crippen LogP contribution is 2.39. The molecule has 4 bridgehead atoms. The van der Waals surface area contributed by atoms with Gasteiger partial charge in [0.15, 0.2) is 5.78 Å². The van der Waals surface area contributed by atoms with Crippen LogP contribution in [0.15, 0.2) is 77.9 Å². The number of methoxy groups -OCH3 is 3. The summed E-state index contributed by atoms with van der Waals surface area (Å²) in [6.07, 6.45) is 10.3. The van der Waals surface area contributed by atoms with Gasteiger partial charge in [0.1, 0.15) is 35.6 Å². The van der Waals surface area contributed by atoms with E-state index in [1.807, 2.05) is 88.4 Å². The van der Waals surface area contributed by atoms with Crippen LogP contribution < -0.4 is 5.46 Å². The molecule has 4 fully saturated rings. The number of Topliss-reactive ketones (excluding diaryl/α,β-unsaturated/α-hetero) is 3. The Morgan fingerprint density at radius 1 is 0.850 bits per heavy atom. The van der Waals surface area contributed by atoms with E-state index in [1.54, 1.807) is 48.0 Å². The van der Waals surface area contributed by atoms with E-state index in [-0.39, 0.29) is 62.0 Å². The number of aliphatic hydroxyl groups is 2. The van der Waals surface area contributed by atoms with Crippen LogP contribution in [-0.2, 0) is 66.5 Å². The second kappa shape index (κ2) is 29.5. The predicted octanol–water partition coefficient (Wildman–Crippen LogP) is 7.04. The van der Waals surface area contributed by atoms with Gasteiger partial charge in [-0.1, -0.05) is 101 Å². The summed E-state index contributed by atoms with van der Waals surface area (Å²) < 4.78 is 48.1. The largest absolute Gasteiger partial charge is 0.493 e. The number of carbonyl (C=O) groups is 6. The molecule has 3 saturated heterocycles. The Hall–Kier alpha value is -4.66. The fourth-order valence-electron chi connectivity index (χ4n) is 12.0. The van der Waals surface area contributed by atoms with E-state index >= 15 is 0 Å². The number of allylic oxidation sites excluding steroid dienone is 6. The van der Waals surface area contributed by atoms with Crippen LogP contribution in [0.4, 0.5) is 0 Å². The summed E-state index contributed by atoms with van der Waals surface area (Å²) in [5, 5.41) is 23.5. The number of aliphatic hydroxyl groups excluding tert-OH is 1. The maximum Gasteiger partial charge on any atom is 0.493 e. The lowest BCUT2D eigenvalue weighted by atomic mass is 9.75. The summed E-state index contributed by atoms with van der Waals surface area (Å²) in [4.78, 5) is 86.0. The molecular formula is C62H90BNO16. The standard InChI is InChI=1S/C62H90BNO16/c1-38-19-14-12-15-20-39(2)51(73-9)33-48-26-24-44(7)62(72,80-48)57(68)58(69)64-28-18-21-46(35-64)59(70)78-52(34-49(65)40(3)30-43(6)55(67)56(75-11)54(66)42(5)29-38)41(4)31-45-25-27-50(53(32-45)74-10)79-60(71)61(8)36-76-63(77-37-61)47-22-16-13-17-23-47/h12-17,19-20,22-23,30,38,40-42,44-46,48,50-53,55-56,67,72H,18,21,24-29,31-37H2,1-11H3/b15-12+,19-14+,39-20?,43-30+/t38-,40-,41-,42-,44-,45+,46?,48+,50-,51+,52+,53-,55-,56+,62-/m1/s1. The molecule has 80 heavy (non-hydrogen) atoms. The van der Waals surface area contributed by atoms with E-state index in [1.165, 1.54) is 12.0 Å². The first-order chi connectivity index (χ1) is 38.0. The smallest absolute Gasteiger partial charge is 0.461 e. The van der Waals surface area contributed by atoms with Crippen molar-refractivity contribution < 1.29 is 76.7 Å². The minimum Gasteiger partial charge on any atom is -0.461 e. The third-order valence-electron chi connectivity index (χ3n) is 17.4. The van der Waals surface area contributed by atoms with Crippen LogP contribution in [0.25, 0.3) is 0 Å². The molecular weight excluding hydrogens is 1030 g/mol. The monoisotopic (exact) mass is 1120 g/mol. The maximum absolute atomic E-state index is 14.4. The van der Waals surface area contributed by atoms with E-state index in [0.29, 0.717) is 69.8 Å². The lowest BCUT2D eigenvalue weighted by Crippen LogP contribution is -2.59. The molecule has 15 atom stereocenters. The second-order valence-electron chi connectivity index (χ2n) is 24.0. The molecule has 1 saturated carbocycles. The third-order valence-corrected chi connectivity index (χ3v) is 17.4. The molecule has 6 rings (SSSR count). The van der Waals surface area contributed by atoms with Gasteiger partial charge >= 0.3 is 19.1 Å². The molecule has 0 aromatic heterocycles. The number of hydrogen-bond donors (Lipinski definition) is 2. The second-order valence-corrected chi connectivity index (χ2v) is 24.0. The zero-order valence-electron chi connectivity index (χ0n) is 49.2. The lowest BCUT2D eigenvalue weighted by molar-refractivity contribution is -0.265. The molecule has 1 aromatic carbocycles. The van der Waals surface area contributed by atoms with Gasteiger partial charge in [-0.2, -0.15) is 0 Å². The van der Waals surface area contributed by atoms with Crippen molar-refractivity contribution in [3.05, 3.63) is 77.9 Å². The molecule has 1 aliphatic carbocycles. The first-order valence-electron chi connectivity index (χ1n) is 29.0. The predicted molar refractivity (Wildman–Crippen MR) is 301 cm³/mol. The Morgan fingerprint density at radius 2 is 1.56 bits per heavy atom. The molecule has 1 aromatic rings. The summed E-state index contributed by atoms with van der Waals surface area (Å²) in [5.74, 6) is -9.13. The van der Waals surface area contributed by atoms with Crippen LogP contribution in [0.1, 0.15) is 126 Å². The van der Waals surface area contributed by atoms with Gasteiger partial charge in [-0.05, 0) is 113 Å². The van der Waals surface area contributed by atoms with Gasteiger partial charge in [-0.25, -0.2) is 0 Å². The summed E-state index contributed by atoms with van der Waals surface area (Å²) >= 11 is 0. The van der Waals surface area contributed by atoms with Crippen molar-refractivity contribution in [3.8, 4) is 0 Å². The van der Waals surface area contributed by atoms with E-state index in [9.17, 15) is 39.0 Å². The fourth-order valence-corrected chi connectivity index (χ4v) is 12.0. The van der Waals surface area contributed by atoms with Crippen molar-refractivity contribution in [2.45, 2.75) is 175 Å². The molecule has 442 valence electrons. The number of hydrogen-bond acceptors (Lipinski definition) is 16. The lowest BCUT2D eigenvalue weighted by Gasteiger charge is -2.42. The van der Waals surface area contributed by atoms with E-state index < -0.39 is 108 Å². The van der Waals surface area contributed by atoms with Crippen molar-refractivity contribution in [3.63, 3.8) is 0 Å². The summed E-state index contributed by atoms with van der Waals surface area (Å²) in [7, 11) is 3.95. The number of amides is 1. The number of piperidine rings is 1. The number of esters is 2. The van der Waals surface area contributed by atoms with Crippen molar-refractivity contribution in [2.75, 3.05) is 47.6 Å². The third kappa shape index (κ3) is 16.5. The van der Waals surface area contributed by atoms with Crippen molar-refractivity contribution in [1.82, 2.24) is 4.90 Å². The zero-order chi connectivity index (χ0) is 58.5. The summed E-state index contributed by atoms with van der Waals surface area (Å²) in [5.41, 5.74) is 1.09. The molecule has 1 amide bonds. The van der Waals surface area contributed by atoms with E-state index in [0.717, 1.165) is 11.0 Å². The fraction of sp³-hybridized carbons (Fsp3) is 0.677. The Balaban J connectivity index is 1.21. The van der Waals surface area contributed by atoms with Crippen LogP contribution in [0, 0.1) is 46.8 Å². The van der Waals surface area contributed by atoms with Crippen LogP contribution in [0.3, 0.4) is 0 Å². The number of ketones is 3. The Morgan fingerprint density at radius 3 is 2.24 bits per heavy atom. The molecule has 17 nitrogen and oxygen atoms in total. The number of carbonyl (C=O) groups excluding carboxylic acids is 6. The van der Waals surface area contributed by atoms with Crippen molar-refractivity contribution in [2.24, 2.45) is 46.8 Å². The Labute approximate surface area is 474 Å². The first-order valence-corrected chi connectivity index (χ1v) is 29.0. The zero-order valence-corrected chi connectivity index (χ0v) is 49.2. The SMILES string of the molecule is CO[C@H]1C[C@@H]2CC[C@@H](C)[C@@](O)(O2)C(=O)C(=O)N2CCCC(C2)C(=O)O[C@H]([C@H](C)C[C@@H]2CC[C@@H](OC(=O)C3(C)COB(c4ccccc4)OC3)[C@H](OC)C2)CC(=O)[C@H](C)/C=C(\C)[C@@H](O)[C@@H](OC)C(=O)[C@H](C)C[C@H](C)/C=C/C=C/C=C1C. The molecule has 1 unspecified atom stereocenters. The Bertz CT molecular complexity index is 2400. The van der Waals surface area contributed by atoms with Gasteiger partial charge < -0.3 is 52.8 Å². The van der Waals surface area contributed by atoms with E-state index in [2.05, 4.69) is 0 Å². The minimum absolute atomic E-state index is 0.00278. The number of ether oxygens (including phenoxy) is 6. The summed E-state index contributed by atoms with van der Waals surface area (Å²) in [6.45, 7) is 14.7. The quantitative estimate of drug-likeness (QED) is 0.110. The van der Waals surface area contributed by atoms with Crippen molar-refractivity contribution >= 4 is 47.8 Å². The average Bonchev–Trinajstić information content (AvgIpc) is 3.48. The van der Waals surface area contributed by atoms with E-state index in [4.69, 9.17) is 37.7 Å². The number of benzene rings is 1. The highest BCUT2D eigenvalue weighted by atomic mass is 16.6.